The van der Waals surface area contributed by atoms with E-state index in [4.69, 9.17) is 5.73 Å². The van der Waals surface area contributed by atoms with Crippen LogP contribution in [0.3, 0.4) is 0 Å². The molecule has 1 aliphatic rings. The number of hydrogen-bond acceptors (Lipinski definition) is 4. The average Bonchev–Trinajstić information content (AvgIpc) is 2.60. The molecular formula is C17H28Cl2N4O2. The molecule has 1 aliphatic heterocycles. The first-order valence-corrected chi connectivity index (χ1v) is 8.15. The molecule has 0 aromatic heterocycles. The number of halogens is 2. The summed E-state index contributed by atoms with van der Waals surface area (Å²) >= 11 is 0. The van der Waals surface area contributed by atoms with E-state index in [1.54, 1.807) is 0 Å². The van der Waals surface area contributed by atoms with Gasteiger partial charge in [-0.2, -0.15) is 0 Å². The second kappa shape index (κ2) is 12.1. The highest BCUT2D eigenvalue weighted by molar-refractivity contribution is 5.86. The number of piperidine rings is 1. The van der Waals surface area contributed by atoms with Crippen LogP contribution in [0.4, 0.5) is 0 Å². The largest absolute Gasteiger partial charge is 0.352 e. The molecule has 8 heteroatoms. The van der Waals surface area contributed by atoms with E-state index in [-0.39, 0.29) is 55.8 Å². The lowest BCUT2D eigenvalue weighted by atomic mass is 10.00. The van der Waals surface area contributed by atoms with Gasteiger partial charge >= 0.3 is 0 Å². The maximum atomic E-state index is 11.8. The molecule has 2 amide bonds. The molecule has 0 bridgehead atoms. The van der Waals surface area contributed by atoms with Crippen molar-refractivity contribution in [2.75, 3.05) is 26.2 Å². The molecule has 0 spiro atoms. The summed E-state index contributed by atoms with van der Waals surface area (Å²) < 4.78 is 0. The molecule has 0 saturated carbocycles. The molecule has 0 aliphatic carbocycles. The molecular weight excluding hydrogens is 363 g/mol. The number of carbonyl (C=O) groups is 2. The Balaban J connectivity index is 0.00000288. The standard InChI is InChI=1S/C17H26N4O2.2ClH/c1-13(14-5-3-2-4-6-14)21-9-7-15(8-10-21)20-17(23)12-19-16(22)11-18;;/h2-6,13,15H,7-12,18H2,1H3,(H,19,22)(H,20,23);2*1H. The van der Waals surface area contributed by atoms with Gasteiger partial charge in [0.2, 0.25) is 11.8 Å². The zero-order valence-electron chi connectivity index (χ0n) is 14.4. The number of nitrogens with zero attached hydrogens (tertiary/aromatic N) is 1. The van der Waals surface area contributed by atoms with E-state index < -0.39 is 0 Å². The summed E-state index contributed by atoms with van der Waals surface area (Å²) in [6.45, 7) is 4.03. The third-order valence-corrected chi connectivity index (χ3v) is 4.36. The average molecular weight is 391 g/mol. The molecule has 1 saturated heterocycles. The van der Waals surface area contributed by atoms with Crippen molar-refractivity contribution in [1.82, 2.24) is 15.5 Å². The number of nitrogens with two attached hydrogens (primary N) is 1. The predicted octanol–water partition coefficient (Wildman–Crippen LogP) is 1.25. The molecule has 0 radical (unpaired) electrons. The third kappa shape index (κ3) is 7.61. The van der Waals surface area contributed by atoms with Crippen LogP contribution in [0.2, 0.25) is 0 Å². The van der Waals surface area contributed by atoms with Gasteiger partial charge in [0.25, 0.3) is 0 Å². The molecule has 1 fully saturated rings. The van der Waals surface area contributed by atoms with E-state index in [1.165, 1.54) is 5.56 Å². The fraction of sp³-hybridized carbons (Fsp3) is 0.529. The Morgan fingerprint density at radius 1 is 1.16 bits per heavy atom. The summed E-state index contributed by atoms with van der Waals surface area (Å²) in [7, 11) is 0. The van der Waals surface area contributed by atoms with Crippen molar-refractivity contribution in [3.8, 4) is 0 Å². The fourth-order valence-electron chi connectivity index (χ4n) is 2.90. The van der Waals surface area contributed by atoms with Crippen molar-refractivity contribution in [3.63, 3.8) is 0 Å². The lowest BCUT2D eigenvalue weighted by Gasteiger charge is -2.36. The monoisotopic (exact) mass is 390 g/mol. The summed E-state index contributed by atoms with van der Waals surface area (Å²) in [4.78, 5) is 25.3. The van der Waals surface area contributed by atoms with Crippen LogP contribution in [0.15, 0.2) is 30.3 Å². The van der Waals surface area contributed by atoms with E-state index in [2.05, 4.69) is 46.7 Å². The zero-order chi connectivity index (χ0) is 16.7. The highest BCUT2D eigenvalue weighted by atomic mass is 35.5. The molecule has 1 atom stereocenters. The Hall–Kier alpha value is -1.34. The first kappa shape index (κ1) is 23.7. The smallest absolute Gasteiger partial charge is 0.239 e. The van der Waals surface area contributed by atoms with Crippen molar-refractivity contribution < 1.29 is 9.59 Å². The maximum absolute atomic E-state index is 11.8. The molecule has 142 valence electrons. The van der Waals surface area contributed by atoms with Gasteiger partial charge in [-0.05, 0) is 25.3 Å². The first-order valence-electron chi connectivity index (χ1n) is 8.15. The van der Waals surface area contributed by atoms with Crippen LogP contribution in [-0.2, 0) is 9.59 Å². The normalized spacial score (nSPS) is 16.1. The number of nitrogens with one attached hydrogen (secondary N) is 2. The van der Waals surface area contributed by atoms with Gasteiger partial charge < -0.3 is 16.4 Å². The Labute approximate surface area is 161 Å². The van der Waals surface area contributed by atoms with Gasteiger partial charge in [0.1, 0.15) is 0 Å². The highest BCUT2D eigenvalue weighted by Gasteiger charge is 2.24. The van der Waals surface area contributed by atoms with Crippen LogP contribution in [-0.4, -0.2) is 48.9 Å². The summed E-state index contributed by atoms with van der Waals surface area (Å²) in [5.74, 6) is -0.465. The summed E-state index contributed by atoms with van der Waals surface area (Å²) in [5.41, 5.74) is 6.50. The number of hydrogen-bond donors (Lipinski definition) is 3. The van der Waals surface area contributed by atoms with Gasteiger partial charge in [-0.3, -0.25) is 14.5 Å². The number of likely N-dealkylation sites (tertiary alicyclic amines) is 1. The number of benzene rings is 1. The van der Waals surface area contributed by atoms with E-state index in [1.807, 2.05) is 6.07 Å². The molecule has 1 aromatic carbocycles. The highest BCUT2D eigenvalue weighted by Crippen LogP contribution is 2.23. The van der Waals surface area contributed by atoms with E-state index in [9.17, 15) is 9.59 Å². The molecule has 1 aromatic rings. The second-order valence-corrected chi connectivity index (χ2v) is 5.95. The topological polar surface area (TPSA) is 87.5 Å². The zero-order valence-corrected chi connectivity index (χ0v) is 16.1. The summed E-state index contributed by atoms with van der Waals surface area (Å²) in [6.07, 6.45) is 1.85. The minimum atomic E-state index is -0.313. The quantitative estimate of drug-likeness (QED) is 0.681. The minimum absolute atomic E-state index is 0. The molecule has 2 rings (SSSR count). The van der Waals surface area contributed by atoms with Crippen molar-refractivity contribution in [1.29, 1.82) is 0 Å². The lowest BCUT2D eigenvalue weighted by molar-refractivity contribution is -0.126. The van der Waals surface area contributed by atoms with Gasteiger partial charge in [0.05, 0.1) is 13.1 Å². The van der Waals surface area contributed by atoms with Crippen LogP contribution in [0, 0.1) is 0 Å². The second-order valence-electron chi connectivity index (χ2n) is 5.95. The van der Waals surface area contributed by atoms with Crippen LogP contribution in [0.25, 0.3) is 0 Å². The Morgan fingerprint density at radius 3 is 2.32 bits per heavy atom. The predicted molar refractivity (Wildman–Crippen MR) is 104 cm³/mol. The Kier molecular flexibility index (Phi) is 11.4. The van der Waals surface area contributed by atoms with E-state index in [0.29, 0.717) is 6.04 Å². The minimum Gasteiger partial charge on any atom is -0.352 e. The molecule has 1 unspecified atom stereocenters. The van der Waals surface area contributed by atoms with Crippen molar-refractivity contribution >= 4 is 36.6 Å². The molecule has 25 heavy (non-hydrogen) atoms. The van der Waals surface area contributed by atoms with Gasteiger partial charge in [0, 0.05) is 25.2 Å². The van der Waals surface area contributed by atoms with Crippen LogP contribution >= 0.6 is 24.8 Å². The van der Waals surface area contributed by atoms with Gasteiger partial charge in [0.15, 0.2) is 0 Å². The lowest BCUT2D eigenvalue weighted by Crippen LogP contribution is -2.48. The van der Waals surface area contributed by atoms with Crippen LogP contribution in [0.5, 0.6) is 0 Å². The van der Waals surface area contributed by atoms with Crippen molar-refractivity contribution in [3.05, 3.63) is 35.9 Å². The fourth-order valence-corrected chi connectivity index (χ4v) is 2.90. The first-order chi connectivity index (χ1) is 11.1. The summed E-state index contributed by atoms with van der Waals surface area (Å²) in [5, 5.41) is 5.46. The van der Waals surface area contributed by atoms with Gasteiger partial charge in [-0.1, -0.05) is 30.3 Å². The van der Waals surface area contributed by atoms with Gasteiger partial charge in [-0.25, -0.2) is 0 Å². The molecule has 1 heterocycles. The maximum Gasteiger partial charge on any atom is 0.239 e. The van der Waals surface area contributed by atoms with E-state index >= 15 is 0 Å². The number of rotatable bonds is 6. The third-order valence-electron chi connectivity index (χ3n) is 4.36. The van der Waals surface area contributed by atoms with E-state index in [0.717, 1.165) is 25.9 Å². The summed E-state index contributed by atoms with van der Waals surface area (Å²) in [6, 6.07) is 11.0. The van der Waals surface area contributed by atoms with Gasteiger partial charge in [-0.15, -0.1) is 24.8 Å². The van der Waals surface area contributed by atoms with Crippen molar-refractivity contribution in [2.45, 2.75) is 31.8 Å². The Bertz CT molecular complexity index is 523. The number of amides is 2. The van der Waals surface area contributed by atoms with Crippen LogP contribution < -0.4 is 16.4 Å². The number of carbonyl (C=O) groups excluding carboxylic acids is 2. The SMILES string of the molecule is CC(c1ccccc1)N1CCC(NC(=O)CNC(=O)CN)CC1.Cl.Cl. The van der Waals surface area contributed by atoms with Crippen LogP contribution in [0.1, 0.15) is 31.4 Å². The van der Waals surface area contributed by atoms with Crippen molar-refractivity contribution in [2.24, 2.45) is 5.73 Å². The molecule has 4 N–H and O–H groups in total. The Morgan fingerprint density at radius 2 is 1.76 bits per heavy atom. The molecule has 6 nitrogen and oxygen atoms in total.